The van der Waals surface area contributed by atoms with Crippen molar-refractivity contribution >= 4 is 34.5 Å². The molecule has 0 radical (unpaired) electrons. The molecule has 5 aliphatic rings. The quantitative estimate of drug-likeness (QED) is 0.550. The van der Waals surface area contributed by atoms with Crippen molar-refractivity contribution in [2.24, 2.45) is 5.73 Å². The molecule has 0 spiro atoms. The van der Waals surface area contributed by atoms with Crippen LogP contribution in [0.1, 0.15) is 28.8 Å². The van der Waals surface area contributed by atoms with Gasteiger partial charge in [-0.25, -0.2) is 9.59 Å². The highest BCUT2D eigenvalue weighted by Gasteiger charge is 2.27. The Hall–Kier alpha value is -3.87. The molecule has 1 fully saturated rings. The second-order valence-corrected chi connectivity index (χ2v) is 8.97. The topological polar surface area (TPSA) is 113 Å². The molecule has 1 aromatic carbocycles. The average Bonchev–Trinajstić information content (AvgIpc) is 3.44. The first kappa shape index (κ1) is 21.6. The number of carbonyl (C=O) groups is 1. The summed E-state index contributed by atoms with van der Waals surface area (Å²) < 4.78 is 18.4. The Morgan fingerprint density at radius 1 is 1.00 bits per heavy atom. The van der Waals surface area contributed by atoms with Crippen LogP contribution in [0.5, 0.6) is 11.5 Å². The largest absolute Gasteiger partial charge is 0.454 e. The zero-order valence-corrected chi connectivity index (χ0v) is 19.0. The Labute approximate surface area is 199 Å². The van der Waals surface area contributed by atoms with E-state index in [-0.39, 0.29) is 29.6 Å². The standard InChI is InChI=1S/C26H23N3O6/c27-15-8-18-20(13-31)29(3-1-2-28-4-6-33-7-5-28)26-17-11-23-22(34-14-35-23)10-16(17)19(12-30)25(26)24(18)21(32)9-15/h8,10-11H,1-7,9,14,27H2. The fourth-order valence-electron chi connectivity index (χ4n) is 5.42. The summed E-state index contributed by atoms with van der Waals surface area (Å²) in [6.45, 7) is 4.52. The molecule has 3 heterocycles. The number of nitrogens with zero attached hydrogens (tertiary/aromatic N) is 2. The van der Waals surface area contributed by atoms with E-state index in [1.807, 2.05) is 4.57 Å². The van der Waals surface area contributed by atoms with E-state index in [2.05, 4.69) is 16.8 Å². The Balaban J connectivity index is 1.67. The van der Waals surface area contributed by atoms with Gasteiger partial charge in [0.15, 0.2) is 23.2 Å². The molecule has 0 atom stereocenters. The molecule has 35 heavy (non-hydrogen) atoms. The third kappa shape index (κ3) is 3.37. The molecular formula is C26H23N3O6. The molecule has 9 heteroatoms. The van der Waals surface area contributed by atoms with Gasteiger partial charge in [0.1, 0.15) is 11.3 Å². The monoisotopic (exact) mass is 473 g/mol. The SMILES string of the molecule is NC1=Cc2c(c3c(=C=O)c4cc5c(cc4c=3n(CCCN3CCOCC3)c2=C=O)OCO5)C(=O)C1. The number of hydrogen-bond acceptors (Lipinski definition) is 8. The van der Waals surface area contributed by atoms with Crippen LogP contribution in [0.25, 0.3) is 16.8 Å². The van der Waals surface area contributed by atoms with Crippen molar-refractivity contribution in [3.63, 3.8) is 0 Å². The Bertz CT molecular complexity index is 1650. The smallest absolute Gasteiger partial charge is 0.231 e. The van der Waals surface area contributed by atoms with Crippen molar-refractivity contribution in [2.45, 2.75) is 19.4 Å². The number of benzene rings is 1. The predicted octanol–water partition coefficient (Wildman–Crippen LogP) is -0.291. The zero-order chi connectivity index (χ0) is 24.1. The summed E-state index contributed by atoms with van der Waals surface area (Å²) in [6, 6.07) is 3.54. The predicted molar refractivity (Wildman–Crippen MR) is 125 cm³/mol. The minimum atomic E-state index is -0.242. The molecular weight excluding hydrogens is 450 g/mol. The Morgan fingerprint density at radius 2 is 1.74 bits per heavy atom. The van der Waals surface area contributed by atoms with Crippen LogP contribution in [0, 0.1) is 10.6 Å². The molecule has 0 unspecified atom stereocenters. The molecule has 178 valence electrons. The van der Waals surface area contributed by atoms with Crippen LogP contribution in [0.4, 0.5) is 0 Å². The van der Waals surface area contributed by atoms with E-state index in [0.717, 1.165) is 26.1 Å². The molecule has 9 nitrogen and oxygen atoms in total. The number of hydrogen-bond donors (Lipinski definition) is 1. The summed E-state index contributed by atoms with van der Waals surface area (Å²) in [7, 11) is 0. The summed E-state index contributed by atoms with van der Waals surface area (Å²) in [4.78, 5) is 40.1. The lowest BCUT2D eigenvalue weighted by atomic mass is 9.92. The number of aromatic nitrogens is 1. The first-order valence-corrected chi connectivity index (χ1v) is 11.6. The van der Waals surface area contributed by atoms with Gasteiger partial charge in [0.25, 0.3) is 0 Å². The van der Waals surface area contributed by atoms with Crippen molar-refractivity contribution in [3.8, 4) is 11.5 Å². The lowest BCUT2D eigenvalue weighted by Gasteiger charge is -2.26. The second kappa shape index (κ2) is 8.41. The van der Waals surface area contributed by atoms with Crippen LogP contribution in [0.3, 0.4) is 0 Å². The van der Waals surface area contributed by atoms with Crippen molar-refractivity contribution in [3.05, 3.63) is 50.1 Å². The van der Waals surface area contributed by atoms with Gasteiger partial charge >= 0.3 is 0 Å². The highest BCUT2D eigenvalue weighted by molar-refractivity contribution is 6.05. The summed E-state index contributed by atoms with van der Waals surface area (Å²) in [5.41, 5.74) is 7.12. The lowest BCUT2D eigenvalue weighted by molar-refractivity contribution is 0.0369. The summed E-state index contributed by atoms with van der Waals surface area (Å²) >= 11 is 0. The number of rotatable bonds is 4. The molecule has 0 bridgehead atoms. The zero-order valence-electron chi connectivity index (χ0n) is 19.0. The first-order valence-electron chi connectivity index (χ1n) is 11.6. The minimum Gasteiger partial charge on any atom is -0.454 e. The number of Topliss-reactive ketones (excluding diaryl/α,β-unsaturated/α-hetero) is 1. The van der Waals surface area contributed by atoms with E-state index in [4.69, 9.17) is 19.9 Å². The summed E-state index contributed by atoms with van der Waals surface area (Å²) in [5, 5.41) is 2.91. The molecule has 2 N–H and O–H groups in total. The molecule has 1 saturated heterocycles. The Morgan fingerprint density at radius 3 is 2.46 bits per heavy atom. The van der Waals surface area contributed by atoms with Gasteiger partial charge in [-0.3, -0.25) is 9.69 Å². The summed E-state index contributed by atoms with van der Waals surface area (Å²) in [5.74, 6) is 4.95. The summed E-state index contributed by atoms with van der Waals surface area (Å²) in [6.07, 6.45) is 2.41. The van der Waals surface area contributed by atoms with Crippen LogP contribution < -0.4 is 25.8 Å². The van der Waals surface area contributed by atoms with E-state index < -0.39 is 0 Å². The fourth-order valence-corrected chi connectivity index (χ4v) is 5.42. The molecule has 6 rings (SSSR count). The number of ketones is 1. The lowest BCUT2D eigenvalue weighted by Crippen LogP contribution is -2.38. The maximum atomic E-state index is 13.2. The van der Waals surface area contributed by atoms with Gasteiger partial charge < -0.3 is 24.5 Å². The van der Waals surface area contributed by atoms with Crippen molar-refractivity contribution in [2.75, 3.05) is 39.6 Å². The van der Waals surface area contributed by atoms with Gasteiger partial charge in [-0.15, -0.1) is 0 Å². The number of allylic oxidation sites excluding steroid dienone is 1. The van der Waals surface area contributed by atoms with E-state index in [0.29, 0.717) is 69.4 Å². The second-order valence-electron chi connectivity index (χ2n) is 8.97. The Kier molecular flexibility index (Phi) is 5.20. The van der Waals surface area contributed by atoms with Gasteiger partial charge in [0, 0.05) is 59.0 Å². The molecule has 0 saturated carbocycles. The molecule has 2 aliphatic carbocycles. The maximum absolute atomic E-state index is 13.2. The number of nitrogens with two attached hydrogens (primary N) is 1. The van der Waals surface area contributed by atoms with Crippen LogP contribution >= 0.6 is 0 Å². The average molecular weight is 473 g/mol. The van der Waals surface area contributed by atoms with Crippen molar-refractivity contribution in [1.29, 1.82) is 0 Å². The number of carbonyl (C=O) groups excluding carboxylic acids is 3. The number of morpholine rings is 1. The van der Waals surface area contributed by atoms with Gasteiger partial charge in [0.05, 0.1) is 30.2 Å². The van der Waals surface area contributed by atoms with Gasteiger partial charge in [0.2, 0.25) is 6.79 Å². The van der Waals surface area contributed by atoms with E-state index >= 15 is 0 Å². The normalized spacial score (nSPS) is 17.4. The van der Waals surface area contributed by atoms with Crippen LogP contribution in [-0.4, -0.2) is 66.8 Å². The number of ether oxygens (including phenoxy) is 3. The van der Waals surface area contributed by atoms with Gasteiger partial charge in [-0.2, -0.15) is 0 Å². The van der Waals surface area contributed by atoms with E-state index in [9.17, 15) is 14.4 Å². The fraction of sp³-hybridized carbons (Fsp3) is 0.346. The van der Waals surface area contributed by atoms with E-state index in [1.165, 1.54) is 0 Å². The number of fused-ring (bicyclic) bond motifs is 5. The third-order valence-corrected chi connectivity index (χ3v) is 6.97. The van der Waals surface area contributed by atoms with Crippen molar-refractivity contribution < 1.29 is 28.6 Å². The molecule has 1 aromatic rings. The highest BCUT2D eigenvalue weighted by Crippen LogP contribution is 2.36. The van der Waals surface area contributed by atoms with Crippen LogP contribution in [0.2, 0.25) is 0 Å². The van der Waals surface area contributed by atoms with Gasteiger partial charge in [-0.05, 0) is 24.6 Å². The first-order chi connectivity index (χ1) is 17.1. The van der Waals surface area contributed by atoms with Crippen LogP contribution in [0.15, 0.2) is 17.8 Å². The van der Waals surface area contributed by atoms with E-state index in [1.54, 1.807) is 18.2 Å². The third-order valence-electron chi connectivity index (χ3n) is 6.97. The van der Waals surface area contributed by atoms with Gasteiger partial charge in [-0.1, -0.05) is 0 Å². The maximum Gasteiger partial charge on any atom is 0.231 e. The molecule has 3 aliphatic heterocycles. The molecule has 0 amide bonds. The van der Waals surface area contributed by atoms with Crippen molar-refractivity contribution in [1.82, 2.24) is 9.47 Å². The molecule has 0 aromatic heterocycles. The minimum absolute atomic E-state index is 0.0178. The highest BCUT2D eigenvalue weighted by atomic mass is 16.7. The van der Waals surface area contributed by atoms with Crippen LogP contribution in [-0.2, 0) is 20.9 Å².